The predicted octanol–water partition coefficient (Wildman–Crippen LogP) is -0.164. The van der Waals surface area contributed by atoms with Crippen LogP contribution < -0.4 is 21.7 Å². The highest BCUT2D eigenvalue weighted by molar-refractivity contribution is 6.30. The first-order chi connectivity index (χ1) is 8.93. The van der Waals surface area contributed by atoms with Crippen molar-refractivity contribution in [1.82, 2.24) is 5.32 Å². The fraction of sp³-hybridized carbons (Fsp3) is 0.333. The summed E-state index contributed by atoms with van der Waals surface area (Å²) >= 11 is 5.95. The maximum Gasteiger partial charge on any atom is 0.236 e. The smallest absolute Gasteiger partial charge is 0.236 e. The molecule has 0 aliphatic heterocycles. The molecule has 6 nitrogen and oxygen atoms in total. The van der Waals surface area contributed by atoms with Gasteiger partial charge in [-0.05, 0) is 24.7 Å². The van der Waals surface area contributed by atoms with E-state index in [2.05, 4.69) is 5.32 Å². The lowest BCUT2D eigenvalue weighted by molar-refractivity contribution is -0.117. The summed E-state index contributed by atoms with van der Waals surface area (Å²) < 4.78 is 0. The summed E-state index contributed by atoms with van der Waals surface area (Å²) in [6.45, 7) is 0.376. The Morgan fingerprint density at radius 3 is 2.32 bits per heavy atom. The normalized spacial score (nSPS) is 10.2. The first-order valence-electron chi connectivity index (χ1n) is 5.68. The molecule has 0 heterocycles. The van der Waals surface area contributed by atoms with Crippen LogP contribution in [-0.4, -0.2) is 32.0 Å². The van der Waals surface area contributed by atoms with Crippen molar-refractivity contribution in [3.05, 3.63) is 28.8 Å². The monoisotopic (exact) mass is 284 g/mol. The Morgan fingerprint density at radius 1 is 1.26 bits per heavy atom. The van der Waals surface area contributed by atoms with E-state index in [0.29, 0.717) is 17.3 Å². The fourth-order valence-corrected chi connectivity index (χ4v) is 1.94. The number of nitrogens with one attached hydrogen (secondary N) is 1. The van der Waals surface area contributed by atoms with Crippen molar-refractivity contribution in [2.24, 2.45) is 11.5 Å². The zero-order valence-corrected chi connectivity index (χ0v) is 11.4. The lowest BCUT2D eigenvalue weighted by atomic mass is 10.1. The first-order valence-corrected chi connectivity index (χ1v) is 6.06. The van der Waals surface area contributed by atoms with Gasteiger partial charge in [-0.25, -0.2) is 0 Å². The van der Waals surface area contributed by atoms with Crippen LogP contribution >= 0.6 is 11.6 Å². The number of anilines is 1. The second-order valence-corrected chi connectivity index (χ2v) is 4.53. The van der Waals surface area contributed by atoms with E-state index in [1.165, 1.54) is 4.90 Å². The Labute approximate surface area is 116 Å². The van der Waals surface area contributed by atoms with Gasteiger partial charge in [0.15, 0.2) is 0 Å². The van der Waals surface area contributed by atoms with Crippen LogP contribution in [0.3, 0.4) is 0 Å². The highest BCUT2D eigenvalue weighted by Gasteiger charge is 2.16. The van der Waals surface area contributed by atoms with E-state index < -0.39 is 11.8 Å². The predicted molar refractivity (Wildman–Crippen MR) is 74.8 cm³/mol. The number of carbonyl (C=O) groups excluding carboxylic acids is 2. The zero-order valence-electron chi connectivity index (χ0n) is 10.6. The van der Waals surface area contributed by atoms with Crippen LogP contribution in [-0.2, 0) is 16.1 Å². The lowest BCUT2D eigenvalue weighted by Crippen LogP contribution is -2.40. The van der Waals surface area contributed by atoms with Gasteiger partial charge in [-0.3, -0.25) is 9.59 Å². The molecule has 2 amide bonds. The lowest BCUT2D eigenvalue weighted by Gasteiger charge is -2.24. The molecule has 0 saturated carbocycles. The number of primary amides is 2. The van der Waals surface area contributed by atoms with Crippen molar-refractivity contribution in [2.75, 3.05) is 25.0 Å². The minimum absolute atomic E-state index is 0.0972. The summed E-state index contributed by atoms with van der Waals surface area (Å²) in [5.74, 6) is -1.09. The number of benzene rings is 1. The Hall–Kier alpha value is -1.79. The molecule has 1 aromatic carbocycles. The number of halogens is 1. The number of amides is 2. The van der Waals surface area contributed by atoms with Gasteiger partial charge < -0.3 is 21.7 Å². The van der Waals surface area contributed by atoms with Gasteiger partial charge >= 0.3 is 0 Å². The molecule has 0 spiro atoms. The number of nitrogens with zero attached hydrogens (tertiary/aromatic N) is 1. The van der Waals surface area contributed by atoms with Gasteiger partial charge in [0.2, 0.25) is 11.8 Å². The number of hydrogen-bond donors (Lipinski definition) is 3. The number of carbonyl (C=O) groups is 2. The Morgan fingerprint density at radius 2 is 1.84 bits per heavy atom. The van der Waals surface area contributed by atoms with Crippen LogP contribution in [0, 0.1) is 0 Å². The van der Waals surface area contributed by atoms with Crippen molar-refractivity contribution < 1.29 is 9.59 Å². The Balaban J connectivity index is 3.14. The third kappa shape index (κ3) is 4.76. The maximum absolute atomic E-state index is 11.1. The minimum Gasteiger partial charge on any atom is -0.368 e. The summed E-state index contributed by atoms with van der Waals surface area (Å²) in [6, 6.07) is 5.24. The van der Waals surface area contributed by atoms with Gasteiger partial charge in [-0.15, -0.1) is 0 Å². The van der Waals surface area contributed by atoms with E-state index in [1.54, 1.807) is 19.2 Å². The topological polar surface area (TPSA) is 101 Å². The average Bonchev–Trinajstić information content (AvgIpc) is 2.29. The molecule has 7 heteroatoms. The van der Waals surface area contributed by atoms with Gasteiger partial charge in [0.05, 0.1) is 13.1 Å². The molecule has 0 atom stereocenters. The molecule has 5 N–H and O–H groups in total. The molecular weight excluding hydrogens is 268 g/mol. The van der Waals surface area contributed by atoms with Crippen molar-refractivity contribution >= 4 is 29.1 Å². The SMILES string of the molecule is CNCc1ccc(Cl)cc1N(CC(N)=O)CC(N)=O. The molecule has 0 fully saturated rings. The van der Waals surface area contributed by atoms with Crippen molar-refractivity contribution in [3.63, 3.8) is 0 Å². The molecule has 0 saturated heterocycles. The molecule has 0 aromatic heterocycles. The minimum atomic E-state index is -0.545. The molecule has 0 aliphatic rings. The molecule has 19 heavy (non-hydrogen) atoms. The van der Waals surface area contributed by atoms with Gasteiger partial charge in [-0.1, -0.05) is 17.7 Å². The third-order valence-electron chi connectivity index (χ3n) is 2.45. The van der Waals surface area contributed by atoms with Gasteiger partial charge in [0, 0.05) is 17.3 Å². The van der Waals surface area contributed by atoms with E-state index in [4.69, 9.17) is 23.1 Å². The summed E-state index contributed by atoms with van der Waals surface area (Å²) in [4.78, 5) is 23.7. The summed E-state index contributed by atoms with van der Waals surface area (Å²) in [5, 5.41) is 3.51. The second-order valence-electron chi connectivity index (χ2n) is 4.09. The van der Waals surface area contributed by atoms with Gasteiger partial charge in [0.25, 0.3) is 0 Å². The number of rotatable bonds is 7. The average molecular weight is 285 g/mol. The van der Waals surface area contributed by atoms with E-state index in [-0.39, 0.29) is 13.1 Å². The highest BCUT2D eigenvalue weighted by Crippen LogP contribution is 2.24. The van der Waals surface area contributed by atoms with Crippen LogP contribution in [0.5, 0.6) is 0 Å². The molecule has 1 rings (SSSR count). The van der Waals surface area contributed by atoms with Crippen molar-refractivity contribution in [1.29, 1.82) is 0 Å². The fourth-order valence-electron chi connectivity index (χ4n) is 1.77. The van der Waals surface area contributed by atoms with E-state index in [1.807, 2.05) is 6.07 Å². The standard InChI is InChI=1S/C12H17ClN4O2/c1-16-5-8-2-3-9(13)4-10(8)17(6-11(14)18)7-12(15)19/h2-4,16H,5-7H2,1H3,(H2,14,18)(H2,15,19). The maximum atomic E-state index is 11.1. The van der Waals surface area contributed by atoms with Crippen LogP contribution in [0.2, 0.25) is 5.02 Å². The molecule has 0 unspecified atom stereocenters. The van der Waals surface area contributed by atoms with E-state index >= 15 is 0 Å². The van der Waals surface area contributed by atoms with Crippen molar-refractivity contribution in [2.45, 2.75) is 6.54 Å². The second kappa shape index (κ2) is 6.96. The molecule has 0 radical (unpaired) electrons. The summed E-state index contributed by atoms with van der Waals surface area (Å²) in [7, 11) is 1.80. The van der Waals surface area contributed by atoms with Crippen LogP contribution in [0.4, 0.5) is 5.69 Å². The number of hydrogen-bond acceptors (Lipinski definition) is 4. The van der Waals surface area contributed by atoms with Crippen molar-refractivity contribution in [3.8, 4) is 0 Å². The first kappa shape index (κ1) is 15.3. The van der Waals surface area contributed by atoms with Gasteiger partial charge in [0.1, 0.15) is 0 Å². The quantitative estimate of drug-likeness (QED) is 0.647. The number of nitrogens with two attached hydrogens (primary N) is 2. The van der Waals surface area contributed by atoms with Gasteiger partial charge in [-0.2, -0.15) is 0 Å². The van der Waals surface area contributed by atoms with E-state index in [9.17, 15) is 9.59 Å². The molecule has 1 aromatic rings. The third-order valence-corrected chi connectivity index (χ3v) is 2.68. The zero-order chi connectivity index (χ0) is 14.4. The molecular formula is C12H17ClN4O2. The van der Waals surface area contributed by atoms with Crippen LogP contribution in [0.15, 0.2) is 18.2 Å². The molecule has 104 valence electrons. The summed E-state index contributed by atoms with van der Waals surface area (Å²) in [5.41, 5.74) is 11.9. The Kier molecular flexibility index (Phi) is 5.59. The Bertz CT molecular complexity index is 463. The van der Waals surface area contributed by atoms with Crippen LogP contribution in [0.1, 0.15) is 5.56 Å². The largest absolute Gasteiger partial charge is 0.368 e. The highest BCUT2D eigenvalue weighted by atomic mass is 35.5. The van der Waals surface area contributed by atoms with Crippen LogP contribution in [0.25, 0.3) is 0 Å². The molecule has 0 aliphatic carbocycles. The molecule has 0 bridgehead atoms. The summed E-state index contributed by atoms with van der Waals surface area (Å²) in [6.07, 6.45) is 0. The van der Waals surface area contributed by atoms with E-state index in [0.717, 1.165) is 5.56 Å².